The van der Waals surface area contributed by atoms with Crippen LogP contribution < -0.4 is 4.72 Å². The number of nitrogens with zero attached hydrogens (tertiary/aromatic N) is 2. The molecular formula is C16H16ClN3O2S. The fraction of sp³-hybridized carbons (Fsp3) is 0.188. The Hall–Kier alpha value is -1.89. The second-order valence-electron chi connectivity index (χ2n) is 5.13. The molecule has 0 spiro atoms. The van der Waals surface area contributed by atoms with Gasteiger partial charge in [-0.15, -0.1) is 0 Å². The van der Waals surface area contributed by atoms with Gasteiger partial charge in [0.1, 0.15) is 10.7 Å². The number of hydrogen-bond acceptors (Lipinski definition) is 3. The molecule has 1 N–H and O–H groups in total. The van der Waals surface area contributed by atoms with Gasteiger partial charge in [-0.3, -0.25) is 0 Å². The van der Waals surface area contributed by atoms with Gasteiger partial charge in [0.25, 0.3) is 0 Å². The molecule has 0 radical (unpaired) electrons. The van der Waals surface area contributed by atoms with E-state index in [9.17, 15) is 8.42 Å². The minimum atomic E-state index is -3.63. The van der Waals surface area contributed by atoms with Crippen LogP contribution in [0.3, 0.4) is 0 Å². The predicted octanol–water partition coefficient (Wildman–Crippen LogP) is 2.98. The quantitative estimate of drug-likeness (QED) is 0.770. The summed E-state index contributed by atoms with van der Waals surface area (Å²) in [5.41, 5.74) is 1.89. The molecule has 1 heterocycles. The van der Waals surface area contributed by atoms with Gasteiger partial charge in [0.2, 0.25) is 10.0 Å². The Kier molecular flexibility index (Phi) is 4.39. The van der Waals surface area contributed by atoms with Crippen LogP contribution in [0.4, 0.5) is 0 Å². The smallest absolute Gasteiger partial charge is 0.242 e. The molecule has 0 amide bonds. The predicted molar refractivity (Wildman–Crippen MR) is 91.1 cm³/mol. The summed E-state index contributed by atoms with van der Waals surface area (Å²) in [4.78, 5) is 4.56. The summed E-state index contributed by atoms with van der Waals surface area (Å²) < 4.78 is 29.2. The fourth-order valence-corrected chi connectivity index (χ4v) is 4.05. The summed E-state index contributed by atoms with van der Waals surface area (Å²) in [6, 6.07) is 14.2. The first-order valence-electron chi connectivity index (χ1n) is 7.15. The first-order chi connectivity index (χ1) is 11.0. The molecule has 7 heteroatoms. The maximum absolute atomic E-state index is 12.3. The van der Waals surface area contributed by atoms with Crippen molar-refractivity contribution in [1.82, 2.24) is 14.3 Å². The van der Waals surface area contributed by atoms with E-state index >= 15 is 0 Å². The summed E-state index contributed by atoms with van der Waals surface area (Å²) in [6.45, 7) is 2.66. The largest absolute Gasteiger partial charge is 0.327 e. The maximum atomic E-state index is 12.3. The van der Waals surface area contributed by atoms with E-state index in [1.165, 1.54) is 6.07 Å². The number of benzene rings is 2. The van der Waals surface area contributed by atoms with Crippen LogP contribution in [0.2, 0.25) is 5.02 Å². The molecule has 0 aliphatic rings. The Bertz CT molecular complexity index is 951. The number of rotatable bonds is 5. The van der Waals surface area contributed by atoms with Crippen molar-refractivity contribution in [3.8, 4) is 0 Å². The zero-order chi connectivity index (χ0) is 16.4. The zero-order valence-corrected chi connectivity index (χ0v) is 14.1. The molecule has 3 rings (SSSR count). The number of sulfonamides is 1. The molecule has 0 unspecified atom stereocenters. The van der Waals surface area contributed by atoms with E-state index in [-0.39, 0.29) is 16.5 Å². The second kappa shape index (κ2) is 6.31. The summed E-state index contributed by atoms with van der Waals surface area (Å²) in [5, 5.41) is 0.212. The number of imidazole rings is 1. The van der Waals surface area contributed by atoms with Crippen molar-refractivity contribution in [2.24, 2.45) is 0 Å². The van der Waals surface area contributed by atoms with Gasteiger partial charge in [0.05, 0.1) is 16.1 Å². The Morgan fingerprint density at radius 3 is 2.61 bits per heavy atom. The Morgan fingerprint density at radius 1 is 1.13 bits per heavy atom. The van der Waals surface area contributed by atoms with Crippen molar-refractivity contribution in [3.63, 3.8) is 0 Å². The highest BCUT2D eigenvalue weighted by Gasteiger charge is 2.17. The van der Waals surface area contributed by atoms with Crippen LogP contribution in [0.1, 0.15) is 5.82 Å². The molecule has 0 atom stereocenters. The summed E-state index contributed by atoms with van der Waals surface area (Å²) >= 11 is 5.96. The fourth-order valence-electron chi connectivity index (χ4n) is 2.51. The molecule has 120 valence electrons. The van der Waals surface area contributed by atoms with E-state index in [0.29, 0.717) is 6.54 Å². The van der Waals surface area contributed by atoms with Crippen LogP contribution in [0.25, 0.3) is 11.0 Å². The van der Waals surface area contributed by atoms with Gasteiger partial charge < -0.3 is 4.57 Å². The van der Waals surface area contributed by atoms with E-state index in [1.807, 2.05) is 35.8 Å². The van der Waals surface area contributed by atoms with Crippen LogP contribution in [0.15, 0.2) is 53.4 Å². The third kappa shape index (κ3) is 3.24. The molecule has 0 aliphatic heterocycles. The van der Waals surface area contributed by atoms with E-state index in [0.717, 1.165) is 16.9 Å². The third-order valence-electron chi connectivity index (χ3n) is 3.60. The molecule has 5 nitrogen and oxygen atoms in total. The van der Waals surface area contributed by atoms with Crippen LogP contribution in [-0.2, 0) is 16.6 Å². The van der Waals surface area contributed by atoms with Crippen molar-refractivity contribution in [1.29, 1.82) is 0 Å². The lowest BCUT2D eigenvalue weighted by Gasteiger charge is -2.10. The van der Waals surface area contributed by atoms with Crippen LogP contribution in [0.5, 0.6) is 0 Å². The van der Waals surface area contributed by atoms with Gasteiger partial charge in [-0.2, -0.15) is 0 Å². The van der Waals surface area contributed by atoms with E-state index in [2.05, 4.69) is 9.71 Å². The van der Waals surface area contributed by atoms with Crippen molar-refractivity contribution < 1.29 is 8.42 Å². The number of aryl methyl sites for hydroxylation is 1. The van der Waals surface area contributed by atoms with E-state index in [1.54, 1.807) is 18.2 Å². The lowest BCUT2D eigenvalue weighted by Crippen LogP contribution is -2.27. The topological polar surface area (TPSA) is 64.0 Å². The number of aromatic nitrogens is 2. The molecular weight excluding hydrogens is 334 g/mol. The number of halogens is 1. The Labute approximate surface area is 140 Å². The molecule has 0 fully saturated rings. The van der Waals surface area contributed by atoms with Crippen molar-refractivity contribution in [3.05, 3.63) is 59.4 Å². The van der Waals surface area contributed by atoms with Crippen LogP contribution >= 0.6 is 11.6 Å². The van der Waals surface area contributed by atoms with Crippen molar-refractivity contribution in [2.75, 3.05) is 6.54 Å². The molecule has 23 heavy (non-hydrogen) atoms. The van der Waals surface area contributed by atoms with E-state index < -0.39 is 10.0 Å². The number of hydrogen-bond donors (Lipinski definition) is 1. The minimum Gasteiger partial charge on any atom is -0.327 e. The van der Waals surface area contributed by atoms with E-state index in [4.69, 9.17) is 11.6 Å². The van der Waals surface area contributed by atoms with Gasteiger partial charge in [0, 0.05) is 13.1 Å². The highest BCUT2D eigenvalue weighted by Crippen LogP contribution is 2.20. The van der Waals surface area contributed by atoms with Gasteiger partial charge >= 0.3 is 0 Å². The second-order valence-corrected chi connectivity index (χ2v) is 7.27. The Balaban J connectivity index is 1.76. The maximum Gasteiger partial charge on any atom is 0.242 e. The lowest BCUT2D eigenvalue weighted by atomic mass is 10.3. The molecule has 1 aromatic heterocycles. The van der Waals surface area contributed by atoms with Gasteiger partial charge in [0.15, 0.2) is 0 Å². The van der Waals surface area contributed by atoms with Gasteiger partial charge in [-0.25, -0.2) is 18.1 Å². The summed E-state index contributed by atoms with van der Waals surface area (Å²) in [5.74, 6) is 0.850. The Morgan fingerprint density at radius 2 is 1.83 bits per heavy atom. The highest BCUT2D eigenvalue weighted by atomic mass is 35.5. The minimum absolute atomic E-state index is 0.0916. The van der Waals surface area contributed by atoms with Gasteiger partial charge in [-0.1, -0.05) is 35.9 Å². The number of nitrogens with one attached hydrogen (secondary N) is 1. The summed E-state index contributed by atoms with van der Waals surface area (Å²) in [6.07, 6.45) is 0. The first-order valence-corrected chi connectivity index (χ1v) is 9.01. The molecule has 0 saturated carbocycles. The molecule has 2 aromatic carbocycles. The summed E-state index contributed by atoms with van der Waals surface area (Å²) in [7, 11) is -3.63. The molecule has 0 aliphatic carbocycles. The first kappa shape index (κ1) is 16.0. The van der Waals surface area contributed by atoms with Crippen molar-refractivity contribution >= 4 is 32.7 Å². The number of fused-ring (bicyclic) bond motifs is 1. The SMILES string of the molecule is Cc1nc2ccccc2n1CCNS(=O)(=O)c1ccccc1Cl. The third-order valence-corrected chi connectivity index (χ3v) is 5.56. The highest BCUT2D eigenvalue weighted by molar-refractivity contribution is 7.89. The average Bonchev–Trinajstić information content (AvgIpc) is 2.83. The van der Waals surface area contributed by atoms with Crippen LogP contribution in [-0.4, -0.2) is 24.5 Å². The van der Waals surface area contributed by atoms with Crippen LogP contribution in [0, 0.1) is 6.92 Å². The van der Waals surface area contributed by atoms with Gasteiger partial charge in [-0.05, 0) is 31.2 Å². The monoisotopic (exact) mass is 349 g/mol. The zero-order valence-electron chi connectivity index (χ0n) is 12.5. The molecule has 0 bridgehead atoms. The van der Waals surface area contributed by atoms with Crippen molar-refractivity contribution in [2.45, 2.75) is 18.4 Å². The standard InChI is InChI=1S/C16H16ClN3O2S/c1-12-19-14-7-3-4-8-15(14)20(12)11-10-18-23(21,22)16-9-5-2-6-13(16)17/h2-9,18H,10-11H2,1H3. The normalized spacial score (nSPS) is 11.9. The lowest BCUT2D eigenvalue weighted by molar-refractivity contribution is 0.573. The molecule has 3 aromatic rings. The average molecular weight is 350 g/mol. The molecule has 0 saturated heterocycles. The number of para-hydroxylation sites is 2.